The van der Waals surface area contributed by atoms with Gasteiger partial charge in [-0.05, 0) is 55.9 Å². The summed E-state index contributed by atoms with van der Waals surface area (Å²) in [5, 5.41) is 19.0. The summed E-state index contributed by atoms with van der Waals surface area (Å²) >= 11 is 0. The van der Waals surface area contributed by atoms with Crippen LogP contribution in [0.4, 0.5) is 8.78 Å². The predicted molar refractivity (Wildman–Crippen MR) is 122 cm³/mol. The summed E-state index contributed by atoms with van der Waals surface area (Å²) in [7, 11) is -2.14. The minimum atomic E-state index is -1.18. The number of hydrogen-bond acceptors (Lipinski definition) is 8. The fraction of sp³-hybridized carbons (Fsp3) is 0.304. The summed E-state index contributed by atoms with van der Waals surface area (Å²) < 4.78 is 47.2. The van der Waals surface area contributed by atoms with E-state index in [-0.39, 0.29) is 47.6 Å². The molecule has 3 aliphatic rings. The van der Waals surface area contributed by atoms with Crippen molar-refractivity contribution in [3.05, 3.63) is 64.1 Å². The highest BCUT2D eigenvalue weighted by molar-refractivity contribution is 6.51. The lowest BCUT2D eigenvalue weighted by atomic mass is 9.77. The molecule has 0 radical (unpaired) electrons. The van der Waals surface area contributed by atoms with Gasteiger partial charge in [0.1, 0.15) is 34.3 Å². The standard InChI is InChI=1S/C12H12BFO4.C11H10BFO4/c1-2-17-12(15)10-9(14)4-3-6-7-5-8(7)13(16)18-11(6)10;1-2-16-11(14)9-8(13)4-3-7-5-6-12(15)17-10(7)9/h3-4,7-8,16H,2,5H2,1H3;3-6,15H,2H2,1H3. The summed E-state index contributed by atoms with van der Waals surface area (Å²) in [6, 6.07) is 5.50. The average molecular weight is 486 g/mol. The maximum Gasteiger partial charge on any atom is 0.552 e. The Bertz CT molecular complexity index is 1190. The van der Waals surface area contributed by atoms with Crippen LogP contribution < -0.4 is 9.31 Å². The second kappa shape index (κ2) is 10.1. The molecule has 2 atom stereocenters. The van der Waals surface area contributed by atoms with E-state index in [1.165, 1.54) is 18.1 Å². The van der Waals surface area contributed by atoms with Crippen LogP contribution in [0.2, 0.25) is 5.82 Å². The number of fused-ring (bicyclic) bond motifs is 4. The third kappa shape index (κ3) is 4.89. The van der Waals surface area contributed by atoms with Crippen LogP contribution in [-0.2, 0) is 9.47 Å². The van der Waals surface area contributed by atoms with Gasteiger partial charge in [-0.15, -0.1) is 0 Å². The highest BCUT2D eigenvalue weighted by Crippen LogP contribution is 2.60. The highest BCUT2D eigenvalue weighted by atomic mass is 19.1. The van der Waals surface area contributed by atoms with Gasteiger partial charge in [0.2, 0.25) is 0 Å². The lowest BCUT2D eigenvalue weighted by molar-refractivity contribution is 0.0507. The molecule has 0 aromatic heterocycles. The fourth-order valence-electron chi connectivity index (χ4n) is 4.06. The first-order valence-electron chi connectivity index (χ1n) is 11.1. The van der Waals surface area contributed by atoms with Gasteiger partial charge < -0.3 is 28.8 Å². The number of halogens is 2. The summed E-state index contributed by atoms with van der Waals surface area (Å²) in [6.45, 7) is 3.58. The molecule has 2 N–H and O–H groups in total. The molecule has 2 aromatic carbocycles. The molecule has 0 amide bonds. The minimum Gasteiger partial charge on any atom is -0.535 e. The van der Waals surface area contributed by atoms with Crippen LogP contribution in [0.5, 0.6) is 11.5 Å². The van der Waals surface area contributed by atoms with Crippen LogP contribution in [0.25, 0.3) is 6.08 Å². The number of carbonyl (C=O) groups excluding carboxylic acids is 2. The van der Waals surface area contributed by atoms with E-state index in [9.17, 15) is 28.4 Å². The first kappa shape index (κ1) is 24.7. The lowest BCUT2D eigenvalue weighted by Crippen LogP contribution is -2.28. The normalized spacial score (nSPS) is 18.6. The van der Waals surface area contributed by atoms with Gasteiger partial charge >= 0.3 is 26.2 Å². The predicted octanol–water partition coefficient (Wildman–Crippen LogP) is 3.16. The van der Waals surface area contributed by atoms with Gasteiger partial charge in [-0.25, -0.2) is 18.4 Å². The van der Waals surface area contributed by atoms with E-state index in [0.29, 0.717) is 5.56 Å². The van der Waals surface area contributed by atoms with E-state index in [4.69, 9.17) is 18.8 Å². The van der Waals surface area contributed by atoms with Crippen molar-refractivity contribution in [1.29, 1.82) is 0 Å². The molecule has 0 saturated heterocycles. The maximum absolute atomic E-state index is 13.8. The molecule has 12 heteroatoms. The Labute approximate surface area is 200 Å². The number of benzene rings is 2. The zero-order chi connectivity index (χ0) is 25.3. The van der Waals surface area contributed by atoms with E-state index < -0.39 is 37.8 Å². The van der Waals surface area contributed by atoms with Crippen LogP contribution in [0.3, 0.4) is 0 Å². The molecule has 0 spiro atoms. The molecule has 8 nitrogen and oxygen atoms in total. The Hall–Kier alpha value is -3.37. The van der Waals surface area contributed by atoms with E-state index in [1.54, 1.807) is 26.0 Å². The summed E-state index contributed by atoms with van der Waals surface area (Å²) in [6.07, 6.45) is 2.37. The molecule has 182 valence electrons. The van der Waals surface area contributed by atoms with Crippen molar-refractivity contribution < 1.29 is 47.2 Å². The molecule has 1 fully saturated rings. The average Bonchev–Trinajstić information content (AvgIpc) is 3.61. The Morgan fingerprint density at radius 3 is 2.20 bits per heavy atom. The molecular formula is C23H22B2F2O8. The smallest absolute Gasteiger partial charge is 0.535 e. The van der Waals surface area contributed by atoms with Gasteiger partial charge in [-0.1, -0.05) is 12.1 Å². The van der Waals surface area contributed by atoms with Crippen LogP contribution in [-0.4, -0.2) is 49.4 Å². The van der Waals surface area contributed by atoms with Gasteiger partial charge in [0.15, 0.2) is 0 Å². The van der Waals surface area contributed by atoms with Gasteiger partial charge in [-0.3, -0.25) is 0 Å². The third-order valence-corrected chi connectivity index (χ3v) is 5.76. The van der Waals surface area contributed by atoms with E-state index in [2.05, 4.69) is 0 Å². The van der Waals surface area contributed by atoms with Crippen molar-refractivity contribution in [3.8, 4) is 11.5 Å². The molecule has 2 aliphatic heterocycles. The third-order valence-electron chi connectivity index (χ3n) is 5.76. The zero-order valence-corrected chi connectivity index (χ0v) is 19.0. The van der Waals surface area contributed by atoms with Crippen LogP contribution in [0.1, 0.15) is 58.0 Å². The van der Waals surface area contributed by atoms with Gasteiger partial charge in [-0.2, -0.15) is 0 Å². The van der Waals surface area contributed by atoms with Gasteiger partial charge in [0.25, 0.3) is 0 Å². The molecule has 2 aromatic rings. The second-order valence-electron chi connectivity index (χ2n) is 8.00. The molecular weight excluding hydrogens is 464 g/mol. The zero-order valence-electron chi connectivity index (χ0n) is 19.0. The Morgan fingerprint density at radius 2 is 1.57 bits per heavy atom. The molecule has 35 heavy (non-hydrogen) atoms. The monoisotopic (exact) mass is 486 g/mol. The molecule has 5 rings (SSSR count). The molecule has 1 aliphatic carbocycles. The SMILES string of the molecule is CCOC(=O)c1c(F)ccc2c1OB(O)C1CC21.CCOC(=O)c1c(F)ccc2c1OB(O)C=C2. The number of rotatable bonds is 4. The minimum absolute atomic E-state index is 0.0125. The number of carbonyl (C=O) groups is 2. The van der Waals surface area contributed by atoms with E-state index in [0.717, 1.165) is 18.1 Å². The van der Waals surface area contributed by atoms with Crippen LogP contribution in [0.15, 0.2) is 30.2 Å². The lowest BCUT2D eigenvalue weighted by Gasteiger charge is -2.21. The highest BCUT2D eigenvalue weighted by Gasteiger charge is 2.54. The van der Waals surface area contributed by atoms with Crippen molar-refractivity contribution in [3.63, 3.8) is 0 Å². The summed E-state index contributed by atoms with van der Waals surface area (Å²) in [4.78, 5) is 23.3. The van der Waals surface area contributed by atoms with Crippen molar-refractivity contribution >= 4 is 32.3 Å². The van der Waals surface area contributed by atoms with Crippen LogP contribution in [0, 0.1) is 11.6 Å². The number of esters is 2. The molecule has 1 saturated carbocycles. The Morgan fingerprint density at radius 1 is 0.971 bits per heavy atom. The van der Waals surface area contributed by atoms with Crippen molar-refractivity contribution in [2.75, 3.05) is 13.2 Å². The maximum atomic E-state index is 13.8. The van der Waals surface area contributed by atoms with E-state index >= 15 is 0 Å². The Balaban J connectivity index is 0.000000165. The van der Waals surface area contributed by atoms with Crippen molar-refractivity contribution in [2.24, 2.45) is 0 Å². The number of hydrogen-bond donors (Lipinski definition) is 2. The summed E-state index contributed by atoms with van der Waals surface area (Å²) in [5.41, 5.74) is 0.820. The fourth-order valence-corrected chi connectivity index (χ4v) is 4.06. The first-order valence-corrected chi connectivity index (χ1v) is 11.1. The summed E-state index contributed by atoms with van der Waals surface area (Å²) in [5.74, 6) is -1.19. The van der Waals surface area contributed by atoms with Gasteiger partial charge in [0.05, 0.1) is 13.2 Å². The first-order chi connectivity index (χ1) is 16.8. The van der Waals surface area contributed by atoms with Crippen molar-refractivity contribution in [1.82, 2.24) is 0 Å². The van der Waals surface area contributed by atoms with Crippen molar-refractivity contribution in [2.45, 2.75) is 32.0 Å². The van der Waals surface area contributed by atoms with Crippen LogP contribution >= 0.6 is 0 Å². The second-order valence-corrected chi connectivity index (χ2v) is 8.00. The topological polar surface area (TPSA) is 112 Å². The quantitative estimate of drug-likeness (QED) is 0.501. The number of ether oxygens (including phenoxy) is 2. The van der Waals surface area contributed by atoms with Gasteiger partial charge in [0, 0.05) is 11.4 Å². The Kier molecular flexibility index (Phi) is 7.13. The molecule has 0 bridgehead atoms. The largest absolute Gasteiger partial charge is 0.552 e. The molecule has 2 unspecified atom stereocenters. The van der Waals surface area contributed by atoms with E-state index in [1.807, 2.05) is 0 Å². The molecule has 2 heterocycles.